The van der Waals surface area contributed by atoms with E-state index in [1.807, 2.05) is 18.7 Å². The molecule has 0 aromatic heterocycles. The smallest absolute Gasteiger partial charge is 0.409 e. The minimum absolute atomic E-state index is 0.162. The maximum atomic E-state index is 11.9. The zero-order chi connectivity index (χ0) is 13.5. The van der Waals surface area contributed by atoms with E-state index < -0.39 is 0 Å². The third-order valence-electron chi connectivity index (χ3n) is 2.42. The third kappa shape index (κ3) is 9.02. The van der Waals surface area contributed by atoms with Crippen LogP contribution >= 0.6 is 0 Å². The van der Waals surface area contributed by atoms with Gasteiger partial charge in [0.1, 0.15) is 0 Å². The summed E-state index contributed by atoms with van der Waals surface area (Å²) in [5.74, 6) is 0.394. The van der Waals surface area contributed by atoms with Crippen LogP contribution in [0.15, 0.2) is 0 Å². The molecular formula is C14H29NO2. The highest BCUT2D eigenvalue weighted by Gasteiger charge is 2.18. The van der Waals surface area contributed by atoms with E-state index in [1.165, 1.54) is 0 Å². The van der Waals surface area contributed by atoms with Gasteiger partial charge in [-0.05, 0) is 24.2 Å². The average molecular weight is 243 g/mol. The number of amides is 1. The summed E-state index contributed by atoms with van der Waals surface area (Å²) in [5, 5.41) is 0. The monoisotopic (exact) mass is 243 g/mol. The Morgan fingerprint density at radius 2 is 1.82 bits per heavy atom. The van der Waals surface area contributed by atoms with Gasteiger partial charge in [0.2, 0.25) is 0 Å². The van der Waals surface area contributed by atoms with Crippen LogP contribution in [0.4, 0.5) is 4.79 Å². The number of hydrogen-bond donors (Lipinski definition) is 0. The van der Waals surface area contributed by atoms with Gasteiger partial charge in [0.25, 0.3) is 0 Å². The molecule has 3 nitrogen and oxygen atoms in total. The van der Waals surface area contributed by atoms with Crippen molar-refractivity contribution in [1.82, 2.24) is 4.90 Å². The van der Waals surface area contributed by atoms with Crippen LogP contribution in [0, 0.1) is 11.3 Å². The van der Waals surface area contributed by atoms with E-state index in [2.05, 4.69) is 27.7 Å². The molecule has 0 saturated heterocycles. The van der Waals surface area contributed by atoms with Crippen LogP contribution in [0.3, 0.4) is 0 Å². The fourth-order valence-electron chi connectivity index (χ4n) is 1.36. The molecule has 0 atom stereocenters. The number of carbonyl (C=O) groups excluding carboxylic acids is 1. The van der Waals surface area contributed by atoms with Crippen LogP contribution in [-0.4, -0.2) is 30.7 Å². The maximum Gasteiger partial charge on any atom is 0.409 e. The lowest BCUT2D eigenvalue weighted by molar-refractivity contribution is 0.0882. The van der Waals surface area contributed by atoms with E-state index >= 15 is 0 Å². The van der Waals surface area contributed by atoms with Gasteiger partial charge in [-0.1, -0.05) is 41.5 Å². The normalized spacial score (nSPS) is 11.7. The lowest BCUT2D eigenvalue weighted by atomic mass is 9.92. The summed E-state index contributed by atoms with van der Waals surface area (Å²) >= 11 is 0. The highest BCUT2D eigenvalue weighted by atomic mass is 16.6. The van der Waals surface area contributed by atoms with E-state index in [0.717, 1.165) is 25.9 Å². The second-order valence-corrected chi connectivity index (χ2v) is 6.27. The molecule has 0 aliphatic heterocycles. The molecule has 1 amide bonds. The first-order valence-electron chi connectivity index (χ1n) is 6.68. The van der Waals surface area contributed by atoms with E-state index in [0.29, 0.717) is 12.5 Å². The van der Waals surface area contributed by atoms with Crippen LogP contribution in [0.5, 0.6) is 0 Å². The first-order valence-corrected chi connectivity index (χ1v) is 6.68. The summed E-state index contributed by atoms with van der Waals surface area (Å²) in [6.45, 7) is 14.8. The Morgan fingerprint density at radius 1 is 1.24 bits per heavy atom. The second-order valence-electron chi connectivity index (χ2n) is 6.27. The fourth-order valence-corrected chi connectivity index (χ4v) is 1.36. The molecular weight excluding hydrogens is 214 g/mol. The van der Waals surface area contributed by atoms with Crippen LogP contribution in [0.25, 0.3) is 0 Å². The Kier molecular flexibility index (Phi) is 7.24. The Bertz CT molecular complexity index is 219. The van der Waals surface area contributed by atoms with Gasteiger partial charge in [0.05, 0.1) is 6.61 Å². The molecule has 17 heavy (non-hydrogen) atoms. The predicted molar refractivity (Wildman–Crippen MR) is 72.1 cm³/mol. The summed E-state index contributed by atoms with van der Waals surface area (Å²) in [6.07, 6.45) is 1.81. The van der Waals surface area contributed by atoms with Gasteiger partial charge < -0.3 is 9.64 Å². The van der Waals surface area contributed by atoms with Crippen molar-refractivity contribution in [3.8, 4) is 0 Å². The van der Waals surface area contributed by atoms with Gasteiger partial charge >= 0.3 is 6.09 Å². The van der Waals surface area contributed by atoms with E-state index in [4.69, 9.17) is 4.74 Å². The van der Waals surface area contributed by atoms with Crippen LogP contribution in [-0.2, 0) is 4.74 Å². The molecule has 3 heteroatoms. The molecule has 0 heterocycles. The van der Waals surface area contributed by atoms with Gasteiger partial charge in [-0.3, -0.25) is 0 Å². The summed E-state index contributed by atoms with van der Waals surface area (Å²) in [7, 11) is 0. The van der Waals surface area contributed by atoms with E-state index in [9.17, 15) is 4.79 Å². The van der Waals surface area contributed by atoms with Crippen LogP contribution < -0.4 is 0 Å². The van der Waals surface area contributed by atoms with Gasteiger partial charge in [-0.15, -0.1) is 0 Å². The summed E-state index contributed by atoms with van der Waals surface area (Å²) in [6, 6.07) is 0. The van der Waals surface area contributed by atoms with Crippen molar-refractivity contribution in [2.45, 2.75) is 54.4 Å². The van der Waals surface area contributed by atoms with Crippen molar-refractivity contribution in [3.63, 3.8) is 0 Å². The Morgan fingerprint density at radius 3 is 2.24 bits per heavy atom. The molecule has 0 aromatic rings. The molecule has 0 rings (SSSR count). The Labute approximate surface area is 107 Å². The minimum atomic E-state index is -0.162. The van der Waals surface area contributed by atoms with Gasteiger partial charge in [-0.2, -0.15) is 0 Å². The van der Waals surface area contributed by atoms with Crippen molar-refractivity contribution < 1.29 is 9.53 Å². The molecule has 0 radical (unpaired) electrons. The number of carbonyl (C=O) groups is 1. The first kappa shape index (κ1) is 16.3. The first-order chi connectivity index (χ1) is 7.76. The van der Waals surface area contributed by atoms with Crippen LogP contribution in [0.1, 0.15) is 54.4 Å². The van der Waals surface area contributed by atoms with Gasteiger partial charge in [-0.25, -0.2) is 4.79 Å². The summed E-state index contributed by atoms with van der Waals surface area (Å²) in [5.41, 5.74) is 0.254. The van der Waals surface area contributed by atoms with E-state index in [1.54, 1.807) is 0 Å². The molecule has 102 valence electrons. The minimum Gasteiger partial charge on any atom is -0.449 e. The standard InChI is InChI=1S/C14H29NO2/c1-7-9-15(10-8-14(4,5)6)13(16)17-11-12(2)3/h12H,7-11H2,1-6H3. The molecule has 0 aliphatic rings. The van der Waals surface area contributed by atoms with E-state index in [-0.39, 0.29) is 11.5 Å². The van der Waals surface area contributed by atoms with Gasteiger partial charge in [0, 0.05) is 13.1 Å². The summed E-state index contributed by atoms with van der Waals surface area (Å²) in [4.78, 5) is 13.7. The zero-order valence-electron chi connectivity index (χ0n) is 12.4. The van der Waals surface area contributed by atoms with Crippen molar-refractivity contribution in [2.75, 3.05) is 19.7 Å². The Hall–Kier alpha value is -0.730. The highest BCUT2D eigenvalue weighted by molar-refractivity contribution is 5.67. The SMILES string of the molecule is CCCN(CCC(C)(C)C)C(=O)OCC(C)C. The molecule has 0 spiro atoms. The third-order valence-corrected chi connectivity index (χ3v) is 2.42. The average Bonchev–Trinajstić information content (AvgIpc) is 2.19. The number of nitrogens with zero attached hydrogens (tertiary/aromatic N) is 1. The molecule has 0 fully saturated rings. The lowest BCUT2D eigenvalue weighted by Crippen LogP contribution is -2.35. The largest absolute Gasteiger partial charge is 0.449 e. The highest BCUT2D eigenvalue weighted by Crippen LogP contribution is 2.19. The summed E-state index contributed by atoms with van der Waals surface area (Å²) < 4.78 is 5.27. The topological polar surface area (TPSA) is 29.5 Å². The molecule has 0 N–H and O–H groups in total. The molecule has 0 aliphatic carbocycles. The number of rotatable bonds is 6. The zero-order valence-corrected chi connectivity index (χ0v) is 12.4. The number of ether oxygens (including phenoxy) is 1. The molecule has 0 saturated carbocycles. The number of hydrogen-bond acceptors (Lipinski definition) is 2. The lowest BCUT2D eigenvalue weighted by Gasteiger charge is -2.26. The second kappa shape index (κ2) is 7.57. The van der Waals surface area contributed by atoms with Crippen molar-refractivity contribution in [2.24, 2.45) is 11.3 Å². The fraction of sp³-hybridized carbons (Fsp3) is 0.929. The van der Waals surface area contributed by atoms with Crippen molar-refractivity contribution >= 4 is 6.09 Å². The van der Waals surface area contributed by atoms with Crippen molar-refractivity contribution in [1.29, 1.82) is 0 Å². The predicted octanol–water partition coefficient (Wildman–Crippen LogP) is 3.93. The molecule has 0 unspecified atom stereocenters. The molecule has 0 bridgehead atoms. The van der Waals surface area contributed by atoms with Crippen LogP contribution in [0.2, 0.25) is 0 Å². The van der Waals surface area contributed by atoms with Gasteiger partial charge in [0.15, 0.2) is 0 Å². The quantitative estimate of drug-likeness (QED) is 0.707. The Balaban J connectivity index is 4.16. The maximum absolute atomic E-state index is 11.9. The van der Waals surface area contributed by atoms with Crippen molar-refractivity contribution in [3.05, 3.63) is 0 Å². The molecule has 0 aromatic carbocycles.